The molecule has 1 heterocycles. The lowest BCUT2D eigenvalue weighted by atomic mass is 10.1. The van der Waals surface area contributed by atoms with Gasteiger partial charge in [-0.3, -0.25) is 14.5 Å². The highest BCUT2D eigenvalue weighted by Gasteiger charge is 2.22. The molecule has 26 heavy (non-hydrogen) atoms. The predicted octanol–water partition coefficient (Wildman–Crippen LogP) is 3.22. The summed E-state index contributed by atoms with van der Waals surface area (Å²) in [6, 6.07) is 15.1. The summed E-state index contributed by atoms with van der Waals surface area (Å²) >= 11 is 5.88. The number of ketones is 1. The molecule has 3 rings (SSSR count). The second-order valence-corrected chi connectivity index (χ2v) is 7.19. The highest BCUT2D eigenvalue weighted by molar-refractivity contribution is 6.30. The van der Waals surface area contributed by atoms with Crippen molar-refractivity contribution < 1.29 is 9.59 Å². The number of piperazine rings is 1. The van der Waals surface area contributed by atoms with Gasteiger partial charge in [-0.2, -0.15) is 0 Å². The fourth-order valence-corrected chi connectivity index (χ4v) is 3.20. The number of Topliss-reactive ketones (excluding diaryl/α,β-unsaturated/α-hetero) is 1. The van der Waals surface area contributed by atoms with Gasteiger partial charge in [0.15, 0.2) is 5.78 Å². The molecule has 136 valence electrons. The summed E-state index contributed by atoms with van der Waals surface area (Å²) in [6.07, 6.45) is 0.388. The number of hydrogen-bond acceptors (Lipinski definition) is 3. The summed E-state index contributed by atoms with van der Waals surface area (Å²) in [7, 11) is 0. The zero-order valence-corrected chi connectivity index (χ0v) is 15.7. The number of hydrogen-bond donors (Lipinski definition) is 0. The van der Waals surface area contributed by atoms with E-state index < -0.39 is 0 Å². The van der Waals surface area contributed by atoms with E-state index in [-0.39, 0.29) is 11.7 Å². The van der Waals surface area contributed by atoms with E-state index in [0.29, 0.717) is 31.1 Å². The predicted molar refractivity (Wildman–Crippen MR) is 104 cm³/mol. The van der Waals surface area contributed by atoms with E-state index in [9.17, 15) is 9.59 Å². The van der Waals surface area contributed by atoms with Crippen molar-refractivity contribution in [2.24, 2.45) is 0 Å². The van der Waals surface area contributed by atoms with Crippen LogP contribution in [0, 0.1) is 6.92 Å². The minimum atomic E-state index is 0.122. The molecule has 0 aromatic heterocycles. The third kappa shape index (κ3) is 4.93. The minimum absolute atomic E-state index is 0.122. The number of nitrogens with zero attached hydrogens (tertiary/aromatic N) is 2. The molecule has 1 amide bonds. The van der Waals surface area contributed by atoms with E-state index in [1.54, 1.807) is 12.1 Å². The monoisotopic (exact) mass is 370 g/mol. The molecule has 0 bridgehead atoms. The molecule has 5 heteroatoms. The Bertz CT molecular complexity index is 764. The molecule has 0 radical (unpaired) electrons. The van der Waals surface area contributed by atoms with Gasteiger partial charge < -0.3 is 4.90 Å². The number of amides is 1. The Balaban J connectivity index is 1.47. The van der Waals surface area contributed by atoms with Crippen LogP contribution >= 0.6 is 11.6 Å². The third-order valence-electron chi connectivity index (χ3n) is 4.73. The maximum atomic E-state index is 12.4. The van der Waals surface area contributed by atoms with Gasteiger partial charge >= 0.3 is 0 Å². The molecule has 0 saturated carbocycles. The highest BCUT2D eigenvalue weighted by atomic mass is 35.5. The number of carbonyl (C=O) groups excluding carboxylic acids is 2. The van der Waals surface area contributed by atoms with Crippen molar-refractivity contribution >= 4 is 23.3 Å². The van der Waals surface area contributed by atoms with Crippen LogP contribution in [0.1, 0.15) is 21.5 Å². The van der Waals surface area contributed by atoms with Gasteiger partial charge in [-0.05, 0) is 24.6 Å². The molecule has 2 aromatic carbocycles. The Morgan fingerprint density at radius 3 is 2.15 bits per heavy atom. The smallest absolute Gasteiger partial charge is 0.227 e. The molecular weight excluding hydrogens is 348 g/mol. The molecule has 2 aromatic rings. The number of halogens is 1. The van der Waals surface area contributed by atoms with Gasteiger partial charge in [-0.1, -0.05) is 53.6 Å². The first kappa shape index (κ1) is 18.6. The lowest BCUT2D eigenvalue weighted by molar-refractivity contribution is -0.132. The normalized spacial score (nSPS) is 15.1. The van der Waals surface area contributed by atoms with Crippen molar-refractivity contribution in [1.82, 2.24) is 9.80 Å². The zero-order chi connectivity index (χ0) is 18.5. The van der Waals surface area contributed by atoms with E-state index in [0.717, 1.165) is 29.8 Å². The van der Waals surface area contributed by atoms with Crippen molar-refractivity contribution in [3.63, 3.8) is 0 Å². The Kier molecular flexibility index (Phi) is 6.07. The van der Waals surface area contributed by atoms with Crippen molar-refractivity contribution in [3.8, 4) is 0 Å². The summed E-state index contributed by atoms with van der Waals surface area (Å²) in [5.74, 6) is 0.253. The summed E-state index contributed by atoms with van der Waals surface area (Å²) < 4.78 is 0. The first-order valence-corrected chi connectivity index (χ1v) is 9.23. The highest BCUT2D eigenvalue weighted by Crippen LogP contribution is 2.12. The van der Waals surface area contributed by atoms with Crippen LogP contribution in [0.25, 0.3) is 0 Å². The van der Waals surface area contributed by atoms with Gasteiger partial charge in [0.1, 0.15) is 0 Å². The molecule has 4 nitrogen and oxygen atoms in total. The van der Waals surface area contributed by atoms with Crippen LogP contribution in [0.5, 0.6) is 0 Å². The molecule has 0 aliphatic carbocycles. The summed E-state index contributed by atoms with van der Waals surface area (Å²) in [4.78, 5) is 28.8. The molecule has 0 unspecified atom stereocenters. The Morgan fingerprint density at radius 1 is 0.923 bits per heavy atom. The molecule has 1 saturated heterocycles. The van der Waals surface area contributed by atoms with E-state index in [1.165, 1.54) is 0 Å². The van der Waals surface area contributed by atoms with E-state index in [4.69, 9.17) is 11.6 Å². The maximum absolute atomic E-state index is 12.4. The van der Waals surface area contributed by atoms with E-state index in [2.05, 4.69) is 4.90 Å². The molecule has 1 fully saturated rings. The van der Waals surface area contributed by atoms with Crippen LogP contribution < -0.4 is 0 Å². The molecular formula is C21H23ClN2O2. The van der Waals surface area contributed by atoms with Crippen LogP contribution in [0.4, 0.5) is 0 Å². The van der Waals surface area contributed by atoms with E-state index in [1.807, 2.05) is 48.2 Å². The lowest BCUT2D eigenvalue weighted by Crippen LogP contribution is -2.50. The average Bonchev–Trinajstić information content (AvgIpc) is 2.64. The van der Waals surface area contributed by atoms with Crippen molar-refractivity contribution in [3.05, 3.63) is 70.2 Å². The second kappa shape index (κ2) is 8.47. The topological polar surface area (TPSA) is 40.6 Å². The number of benzene rings is 2. The minimum Gasteiger partial charge on any atom is -0.340 e. The standard InChI is InChI=1S/C21H23ClN2O2/c1-16-2-6-18(7-3-16)20(25)15-23-10-12-24(13-11-23)21(26)14-17-4-8-19(22)9-5-17/h2-9H,10-15H2,1H3. The fourth-order valence-electron chi connectivity index (χ4n) is 3.08. The van der Waals surface area contributed by atoms with Crippen molar-refractivity contribution in [2.75, 3.05) is 32.7 Å². The fraction of sp³-hybridized carbons (Fsp3) is 0.333. The number of carbonyl (C=O) groups is 2. The first-order chi connectivity index (χ1) is 12.5. The second-order valence-electron chi connectivity index (χ2n) is 6.75. The average molecular weight is 371 g/mol. The van der Waals surface area contributed by atoms with Crippen molar-refractivity contribution in [2.45, 2.75) is 13.3 Å². The SMILES string of the molecule is Cc1ccc(C(=O)CN2CCN(C(=O)Cc3ccc(Cl)cc3)CC2)cc1. The molecule has 0 spiro atoms. The number of rotatable bonds is 5. The number of aryl methyl sites for hydroxylation is 1. The van der Waals surface area contributed by atoms with Gasteiger partial charge in [0.2, 0.25) is 5.91 Å². The third-order valence-corrected chi connectivity index (χ3v) is 4.99. The Labute approximate surface area is 159 Å². The lowest BCUT2D eigenvalue weighted by Gasteiger charge is -2.34. The van der Waals surface area contributed by atoms with Crippen LogP contribution in [0.15, 0.2) is 48.5 Å². The summed E-state index contributed by atoms with van der Waals surface area (Å²) in [5, 5.41) is 0.674. The van der Waals surface area contributed by atoms with Crippen LogP contribution in [-0.2, 0) is 11.2 Å². The first-order valence-electron chi connectivity index (χ1n) is 8.86. The zero-order valence-electron chi connectivity index (χ0n) is 15.0. The molecule has 1 aliphatic rings. The van der Waals surface area contributed by atoms with Gasteiger partial charge in [0, 0.05) is 36.8 Å². The Morgan fingerprint density at radius 2 is 1.54 bits per heavy atom. The van der Waals surface area contributed by atoms with Gasteiger partial charge in [-0.25, -0.2) is 0 Å². The maximum Gasteiger partial charge on any atom is 0.227 e. The molecule has 0 atom stereocenters. The summed E-state index contributed by atoms with van der Waals surface area (Å²) in [6.45, 7) is 5.19. The van der Waals surface area contributed by atoms with Crippen LogP contribution in [0.3, 0.4) is 0 Å². The van der Waals surface area contributed by atoms with Crippen LogP contribution in [0.2, 0.25) is 5.02 Å². The van der Waals surface area contributed by atoms with Gasteiger partial charge in [0.05, 0.1) is 13.0 Å². The quantitative estimate of drug-likeness (QED) is 0.759. The summed E-state index contributed by atoms with van der Waals surface area (Å²) in [5.41, 5.74) is 2.86. The van der Waals surface area contributed by atoms with Gasteiger partial charge in [0.25, 0.3) is 0 Å². The molecule has 0 N–H and O–H groups in total. The Hall–Kier alpha value is -2.17. The largest absolute Gasteiger partial charge is 0.340 e. The van der Waals surface area contributed by atoms with E-state index >= 15 is 0 Å². The molecule has 1 aliphatic heterocycles. The van der Waals surface area contributed by atoms with Crippen LogP contribution in [-0.4, -0.2) is 54.2 Å². The van der Waals surface area contributed by atoms with Crippen molar-refractivity contribution in [1.29, 1.82) is 0 Å². The van der Waals surface area contributed by atoms with Gasteiger partial charge in [-0.15, -0.1) is 0 Å².